The molecule has 4 heteroatoms. The molecule has 0 aliphatic heterocycles. The van der Waals surface area contributed by atoms with Gasteiger partial charge in [0.25, 0.3) is 0 Å². The molecule has 1 saturated carbocycles. The minimum absolute atomic E-state index is 0.509. The highest BCUT2D eigenvalue weighted by atomic mass is 32.1. The highest BCUT2D eigenvalue weighted by molar-refractivity contribution is 7.15. The van der Waals surface area contributed by atoms with Crippen molar-refractivity contribution in [3.05, 3.63) is 10.6 Å². The fourth-order valence-corrected chi connectivity index (χ4v) is 3.75. The first-order valence-corrected chi connectivity index (χ1v) is 8.75. The molecule has 1 N–H and O–H groups in total. The highest BCUT2D eigenvalue weighted by Gasteiger charge is 2.31. The van der Waals surface area contributed by atoms with Crippen LogP contribution in [0.1, 0.15) is 63.4 Å². The largest absolute Gasteiger partial charge is 0.345 e. The van der Waals surface area contributed by atoms with Crippen LogP contribution >= 0.6 is 11.3 Å². The van der Waals surface area contributed by atoms with Crippen LogP contribution < -0.4 is 10.2 Å². The SMILES string of the molecule is CNCc1sc(N(CCC(C)C)C2CC2)nc1C(C)C. The summed E-state index contributed by atoms with van der Waals surface area (Å²) < 4.78 is 0. The number of hydrogen-bond acceptors (Lipinski definition) is 4. The van der Waals surface area contributed by atoms with Crippen molar-refractivity contribution in [2.24, 2.45) is 5.92 Å². The Labute approximate surface area is 127 Å². The quantitative estimate of drug-likeness (QED) is 0.785. The maximum atomic E-state index is 4.97. The number of nitrogens with zero attached hydrogens (tertiary/aromatic N) is 2. The molecule has 0 atom stereocenters. The highest BCUT2D eigenvalue weighted by Crippen LogP contribution is 2.37. The third kappa shape index (κ3) is 3.95. The van der Waals surface area contributed by atoms with E-state index >= 15 is 0 Å². The van der Waals surface area contributed by atoms with Crippen LogP contribution in [-0.4, -0.2) is 24.6 Å². The van der Waals surface area contributed by atoms with E-state index in [2.05, 4.69) is 37.9 Å². The Bertz CT molecular complexity index is 421. The molecule has 1 aromatic rings. The molecule has 0 aromatic carbocycles. The summed E-state index contributed by atoms with van der Waals surface area (Å²) in [4.78, 5) is 8.95. The van der Waals surface area contributed by atoms with Crippen molar-refractivity contribution in [1.29, 1.82) is 0 Å². The number of anilines is 1. The fraction of sp³-hybridized carbons (Fsp3) is 0.812. The molecule has 0 amide bonds. The summed E-state index contributed by atoms with van der Waals surface area (Å²) in [5, 5.41) is 4.53. The van der Waals surface area contributed by atoms with Gasteiger partial charge < -0.3 is 10.2 Å². The van der Waals surface area contributed by atoms with Crippen molar-refractivity contribution in [2.75, 3.05) is 18.5 Å². The molecule has 0 unspecified atom stereocenters. The molecule has 2 rings (SSSR count). The van der Waals surface area contributed by atoms with Crippen LogP contribution in [-0.2, 0) is 6.54 Å². The first-order valence-electron chi connectivity index (χ1n) is 7.93. The summed E-state index contributed by atoms with van der Waals surface area (Å²) in [6.07, 6.45) is 3.94. The van der Waals surface area contributed by atoms with Gasteiger partial charge >= 0.3 is 0 Å². The lowest BCUT2D eigenvalue weighted by Gasteiger charge is -2.22. The summed E-state index contributed by atoms with van der Waals surface area (Å²) in [5.74, 6) is 1.27. The zero-order valence-electron chi connectivity index (χ0n) is 13.6. The molecule has 0 bridgehead atoms. The standard InChI is InChI=1S/C16H29N3S/c1-11(2)8-9-19(13-6-7-13)16-18-15(12(3)4)14(20-16)10-17-5/h11-13,17H,6-10H2,1-5H3. The van der Waals surface area contributed by atoms with Crippen LogP contribution in [0.3, 0.4) is 0 Å². The molecule has 0 saturated heterocycles. The van der Waals surface area contributed by atoms with E-state index in [-0.39, 0.29) is 0 Å². The number of nitrogens with one attached hydrogen (secondary N) is 1. The van der Waals surface area contributed by atoms with Crippen LogP contribution in [0.25, 0.3) is 0 Å². The van der Waals surface area contributed by atoms with Crippen LogP contribution in [0.4, 0.5) is 5.13 Å². The first kappa shape index (κ1) is 15.8. The van der Waals surface area contributed by atoms with Gasteiger partial charge in [-0.25, -0.2) is 4.98 Å². The lowest BCUT2D eigenvalue weighted by Crippen LogP contribution is -2.27. The summed E-state index contributed by atoms with van der Waals surface area (Å²) in [6.45, 7) is 11.2. The summed E-state index contributed by atoms with van der Waals surface area (Å²) >= 11 is 1.89. The maximum absolute atomic E-state index is 4.97. The van der Waals surface area contributed by atoms with Crippen molar-refractivity contribution >= 4 is 16.5 Å². The zero-order chi connectivity index (χ0) is 14.7. The van der Waals surface area contributed by atoms with E-state index in [1.165, 1.54) is 35.0 Å². The Balaban J connectivity index is 2.17. The molecule has 1 aliphatic carbocycles. The molecular formula is C16H29N3S. The monoisotopic (exact) mass is 295 g/mol. The lowest BCUT2D eigenvalue weighted by molar-refractivity contribution is 0.570. The molecule has 3 nitrogen and oxygen atoms in total. The van der Waals surface area contributed by atoms with E-state index in [0.717, 1.165) is 25.0 Å². The average molecular weight is 295 g/mol. The average Bonchev–Trinajstić information content (AvgIpc) is 3.11. The second-order valence-electron chi connectivity index (χ2n) is 6.60. The van der Waals surface area contributed by atoms with E-state index in [9.17, 15) is 0 Å². The fourth-order valence-electron chi connectivity index (χ4n) is 2.43. The van der Waals surface area contributed by atoms with Gasteiger partial charge in [0.15, 0.2) is 5.13 Å². The normalized spacial score (nSPS) is 15.3. The van der Waals surface area contributed by atoms with E-state index in [1.54, 1.807) is 0 Å². The van der Waals surface area contributed by atoms with Crippen LogP contribution in [0, 0.1) is 5.92 Å². The topological polar surface area (TPSA) is 28.2 Å². The van der Waals surface area contributed by atoms with Gasteiger partial charge in [-0.1, -0.05) is 27.7 Å². The van der Waals surface area contributed by atoms with Gasteiger partial charge in [0.2, 0.25) is 0 Å². The third-order valence-electron chi connectivity index (χ3n) is 3.78. The Kier molecular flexibility index (Phi) is 5.44. The second kappa shape index (κ2) is 6.90. The molecule has 0 spiro atoms. The molecule has 20 heavy (non-hydrogen) atoms. The first-order chi connectivity index (χ1) is 9.52. The van der Waals surface area contributed by atoms with E-state index in [0.29, 0.717) is 5.92 Å². The second-order valence-corrected chi connectivity index (χ2v) is 7.66. The summed E-state index contributed by atoms with van der Waals surface area (Å²) in [6, 6.07) is 0.752. The molecule has 1 aliphatic rings. The van der Waals surface area contributed by atoms with Crippen LogP contribution in [0.5, 0.6) is 0 Å². The van der Waals surface area contributed by atoms with Gasteiger partial charge in [-0.2, -0.15) is 0 Å². The summed E-state index contributed by atoms with van der Waals surface area (Å²) in [7, 11) is 2.01. The number of thiazole rings is 1. The Morgan fingerprint density at radius 1 is 1.30 bits per heavy atom. The smallest absolute Gasteiger partial charge is 0.186 e. The number of aromatic nitrogens is 1. The zero-order valence-corrected chi connectivity index (χ0v) is 14.4. The van der Waals surface area contributed by atoms with Crippen molar-refractivity contribution in [1.82, 2.24) is 10.3 Å². The Morgan fingerprint density at radius 2 is 2.00 bits per heavy atom. The third-order valence-corrected chi connectivity index (χ3v) is 4.89. The van der Waals surface area contributed by atoms with Crippen LogP contribution in [0.2, 0.25) is 0 Å². The predicted molar refractivity (Wildman–Crippen MR) is 88.8 cm³/mol. The van der Waals surface area contributed by atoms with E-state index in [4.69, 9.17) is 4.98 Å². The van der Waals surface area contributed by atoms with Gasteiger partial charge in [0, 0.05) is 24.0 Å². The minimum atomic E-state index is 0.509. The lowest BCUT2D eigenvalue weighted by atomic mass is 10.1. The van der Waals surface area contributed by atoms with Crippen LogP contribution in [0.15, 0.2) is 0 Å². The van der Waals surface area contributed by atoms with Crippen molar-refractivity contribution < 1.29 is 0 Å². The Morgan fingerprint density at radius 3 is 2.50 bits per heavy atom. The molecule has 1 heterocycles. The molecular weight excluding hydrogens is 266 g/mol. The van der Waals surface area contributed by atoms with Crippen molar-refractivity contribution in [3.63, 3.8) is 0 Å². The van der Waals surface area contributed by atoms with Crippen molar-refractivity contribution in [3.8, 4) is 0 Å². The molecule has 1 fully saturated rings. The predicted octanol–water partition coefficient (Wildman–Crippen LogP) is 4.00. The van der Waals surface area contributed by atoms with Gasteiger partial charge in [0.05, 0.1) is 5.69 Å². The van der Waals surface area contributed by atoms with E-state index in [1.807, 2.05) is 18.4 Å². The minimum Gasteiger partial charge on any atom is -0.345 e. The number of rotatable bonds is 8. The van der Waals surface area contributed by atoms with Gasteiger partial charge in [-0.3, -0.25) is 0 Å². The Hall–Kier alpha value is -0.610. The van der Waals surface area contributed by atoms with Crippen molar-refractivity contribution in [2.45, 2.75) is 65.5 Å². The number of hydrogen-bond donors (Lipinski definition) is 1. The summed E-state index contributed by atoms with van der Waals surface area (Å²) in [5.41, 5.74) is 1.29. The van der Waals surface area contributed by atoms with E-state index < -0.39 is 0 Å². The van der Waals surface area contributed by atoms with Gasteiger partial charge in [0.1, 0.15) is 0 Å². The van der Waals surface area contributed by atoms with Gasteiger partial charge in [-0.15, -0.1) is 11.3 Å². The molecule has 114 valence electrons. The molecule has 0 radical (unpaired) electrons. The van der Waals surface area contributed by atoms with Gasteiger partial charge in [-0.05, 0) is 38.1 Å². The molecule has 1 aromatic heterocycles. The maximum Gasteiger partial charge on any atom is 0.186 e.